The van der Waals surface area contributed by atoms with Gasteiger partial charge in [0, 0.05) is 35.3 Å². The quantitative estimate of drug-likeness (QED) is 0.484. The summed E-state index contributed by atoms with van der Waals surface area (Å²) < 4.78 is 15.8. The van der Waals surface area contributed by atoms with E-state index < -0.39 is 11.0 Å². The number of carbonyl (C=O) groups excluding carboxylic acids is 1. The largest absolute Gasteiger partial charge is 0.293 e. The average Bonchev–Trinajstić information content (AvgIpc) is 2.63. The predicted molar refractivity (Wildman–Crippen MR) is 110 cm³/mol. The molecule has 0 saturated carbocycles. The molecule has 0 aliphatic carbocycles. The van der Waals surface area contributed by atoms with E-state index in [1.165, 1.54) is 0 Å². The van der Waals surface area contributed by atoms with Crippen LogP contribution in [-0.4, -0.2) is 51.9 Å². The number of benzene rings is 2. The molecule has 25 heavy (non-hydrogen) atoms. The standard InChI is InChI=1S/C19H21IN2O2S/c20-18-8-4-5-16(13-18)15-25(24)22-11-9-21(10-12-22)14-19(23)17-6-2-1-3-7-17/h1-8,13H,9-12,14-15H2. The van der Waals surface area contributed by atoms with Crippen LogP contribution in [0.15, 0.2) is 54.6 Å². The van der Waals surface area contributed by atoms with E-state index in [0.717, 1.165) is 40.9 Å². The first-order chi connectivity index (χ1) is 12.1. The zero-order valence-corrected chi connectivity index (χ0v) is 16.9. The van der Waals surface area contributed by atoms with Gasteiger partial charge in [-0.05, 0) is 40.3 Å². The molecule has 1 fully saturated rings. The topological polar surface area (TPSA) is 40.6 Å². The highest BCUT2D eigenvalue weighted by Gasteiger charge is 2.22. The van der Waals surface area contributed by atoms with Crippen LogP contribution >= 0.6 is 22.6 Å². The lowest BCUT2D eigenvalue weighted by atomic mass is 10.1. The average molecular weight is 468 g/mol. The number of halogens is 1. The van der Waals surface area contributed by atoms with Crippen molar-refractivity contribution in [1.29, 1.82) is 0 Å². The summed E-state index contributed by atoms with van der Waals surface area (Å²) in [6.07, 6.45) is 0. The molecule has 0 amide bonds. The maximum absolute atomic E-state index is 12.6. The van der Waals surface area contributed by atoms with E-state index in [2.05, 4.69) is 33.6 Å². The van der Waals surface area contributed by atoms with Crippen molar-refractivity contribution in [3.63, 3.8) is 0 Å². The van der Waals surface area contributed by atoms with Crippen LogP contribution in [-0.2, 0) is 16.7 Å². The van der Waals surface area contributed by atoms with Gasteiger partial charge in [-0.25, -0.2) is 8.51 Å². The first-order valence-corrected chi connectivity index (χ1v) is 10.7. The molecule has 132 valence electrons. The summed E-state index contributed by atoms with van der Waals surface area (Å²) in [5, 5.41) is 0. The maximum Gasteiger partial charge on any atom is 0.176 e. The fourth-order valence-electron chi connectivity index (χ4n) is 2.87. The molecule has 2 aromatic carbocycles. The lowest BCUT2D eigenvalue weighted by Crippen LogP contribution is -2.48. The number of Topliss-reactive ketones (excluding diaryl/α,β-unsaturated/α-hetero) is 1. The molecule has 0 radical (unpaired) electrons. The number of carbonyl (C=O) groups is 1. The summed E-state index contributed by atoms with van der Waals surface area (Å²) >= 11 is 2.27. The van der Waals surface area contributed by atoms with Crippen LogP contribution in [0, 0.1) is 3.57 Å². The molecule has 2 aromatic rings. The van der Waals surface area contributed by atoms with Crippen molar-refractivity contribution in [1.82, 2.24) is 9.21 Å². The minimum Gasteiger partial charge on any atom is -0.293 e. The molecule has 1 unspecified atom stereocenters. The molecule has 1 aliphatic rings. The number of ketones is 1. The summed E-state index contributed by atoms with van der Waals surface area (Å²) in [6.45, 7) is 3.45. The van der Waals surface area contributed by atoms with Gasteiger partial charge in [0.2, 0.25) is 0 Å². The Kier molecular flexibility index (Phi) is 6.75. The van der Waals surface area contributed by atoms with E-state index in [-0.39, 0.29) is 5.78 Å². The molecular formula is C19H21IN2O2S. The smallest absolute Gasteiger partial charge is 0.176 e. The van der Waals surface area contributed by atoms with E-state index in [1.54, 1.807) is 0 Å². The molecule has 0 bridgehead atoms. The molecule has 1 heterocycles. The van der Waals surface area contributed by atoms with Gasteiger partial charge in [0.15, 0.2) is 5.78 Å². The van der Waals surface area contributed by atoms with Crippen molar-refractivity contribution in [2.24, 2.45) is 0 Å². The summed E-state index contributed by atoms with van der Waals surface area (Å²) in [6, 6.07) is 17.5. The highest BCUT2D eigenvalue weighted by Crippen LogP contribution is 2.13. The van der Waals surface area contributed by atoms with Crippen LogP contribution in [0.3, 0.4) is 0 Å². The minimum absolute atomic E-state index is 0.147. The number of piperazine rings is 1. The van der Waals surface area contributed by atoms with Gasteiger partial charge >= 0.3 is 0 Å². The van der Waals surface area contributed by atoms with Crippen molar-refractivity contribution in [3.05, 3.63) is 69.3 Å². The van der Waals surface area contributed by atoms with Crippen LogP contribution in [0.5, 0.6) is 0 Å². The Labute approximate surface area is 164 Å². The van der Waals surface area contributed by atoms with Crippen molar-refractivity contribution in [3.8, 4) is 0 Å². The third-order valence-corrected chi connectivity index (χ3v) is 6.45. The zero-order chi connectivity index (χ0) is 17.6. The summed E-state index contributed by atoms with van der Waals surface area (Å²) in [4.78, 5) is 14.4. The molecule has 1 aliphatic heterocycles. The summed E-state index contributed by atoms with van der Waals surface area (Å²) in [7, 11) is -1.01. The monoisotopic (exact) mass is 468 g/mol. The SMILES string of the molecule is O=C(CN1CCN(S(=O)Cc2cccc(I)c2)CC1)c1ccccc1. The molecule has 1 atom stereocenters. The van der Waals surface area contributed by atoms with Crippen molar-refractivity contribution >= 4 is 39.4 Å². The lowest BCUT2D eigenvalue weighted by Gasteiger charge is -2.33. The second kappa shape index (κ2) is 9.02. The Morgan fingerprint density at radius 1 is 1.00 bits per heavy atom. The third-order valence-electron chi connectivity index (χ3n) is 4.26. The van der Waals surface area contributed by atoms with Gasteiger partial charge in [0.1, 0.15) is 0 Å². The van der Waals surface area contributed by atoms with Crippen LogP contribution < -0.4 is 0 Å². The predicted octanol–water partition coefficient (Wildman–Crippen LogP) is 2.96. The third kappa shape index (κ3) is 5.44. The summed E-state index contributed by atoms with van der Waals surface area (Å²) in [5.74, 6) is 0.703. The number of rotatable bonds is 6. The van der Waals surface area contributed by atoms with E-state index in [0.29, 0.717) is 12.3 Å². The van der Waals surface area contributed by atoms with Gasteiger partial charge in [-0.15, -0.1) is 0 Å². The highest BCUT2D eigenvalue weighted by atomic mass is 127. The van der Waals surface area contributed by atoms with Gasteiger partial charge in [0.25, 0.3) is 0 Å². The molecule has 0 aromatic heterocycles. The normalized spacial score (nSPS) is 17.3. The van der Waals surface area contributed by atoms with Gasteiger partial charge in [-0.1, -0.05) is 42.5 Å². The Morgan fingerprint density at radius 2 is 1.72 bits per heavy atom. The van der Waals surface area contributed by atoms with E-state index in [1.807, 2.05) is 52.8 Å². The van der Waals surface area contributed by atoms with Crippen LogP contribution in [0.4, 0.5) is 0 Å². The zero-order valence-electron chi connectivity index (χ0n) is 13.9. The van der Waals surface area contributed by atoms with E-state index in [9.17, 15) is 9.00 Å². The van der Waals surface area contributed by atoms with Crippen molar-refractivity contribution in [2.75, 3.05) is 32.7 Å². The fourth-order valence-corrected chi connectivity index (χ4v) is 4.70. The van der Waals surface area contributed by atoms with E-state index >= 15 is 0 Å². The number of nitrogens with zero attached hydrogens (tertiary/aromatic N) is 2. The Morgan fingerprint density at radius 3 is 2.40 bits per heavy atom. The van der Waals surface area contributed by atoms with Crippen molar-refractivity contribution in [2.45, 2.75) is 5.75 Å². The van der Waals surface area contributed by atoms with E-state index in [4.69, 9.17) is 0 Å². The molecule has 0 N–H and O–H groups in total. The molecular weight excluding hydrogens is 447 g/mol. The van der Waals surface area contributed by atoms with Crippen LogP contribution in [0.2, 0.25) is 0 Å². The lowest BCUT2D eigenvalue weighted by molar-refractivity contribution is 0.0903. The van der Waals surface area contributed by atoms with Crippen molar-refractivity contribution < 1.29 is 9.00 Å². The fraction of sp³-hybridized carbons (Fsp3) is 0.316. The number of hydrogen-bond donors (Lipinski definition) is 0. The summed E-state index contributed by atoms with van der Waals surface area (Å²) in [5.41, 5.74) is 1.86. The Balaban J connectivity index is 1.48. The molecule has 6 heteroatoms. The first kappa shape index (κ1) is 18.7. The Hall–Kier alpha value is -1.09. The second-order valence-corrected chi connectivity index (χ2v) is 8.78. The Bertz CT molecular complexity index is 746. The molecule has 1 saturated heterocycles. The van der Waals surface area contributed by atoms with Gasteiger partial charge in [0.05, 0.1) is 23.3 Å². The number of hydrogen-bond acceptors (Lipinski definition) is 3. The molecule has 0 spiro atoms. The van der Waals surface area contributed by atoms with Crippen LogP contribution in [0.1, 0.15) is 15.9 Å². The van der Waals surface area contributed by atoms with Crippen LogP contribution in [0.25, 0.3) is 0 Å². The minimum atomic E-state index is -1.01. The molecule has 4 nitrogen and oxygen atoms in total. The second-order valence-electron chi connectivity index (χ2n) is 6.09. The van der Waals surface area contributed by atoms with Gasteiger partial charge < -0.3 is 0 Å². The first-order valence-electron chi connectivity index (χ1n) is 8.30. The van der Waals surface area contributed by atoms with Gasteiger partial charge in [-0.2, -0.15) is 0 Å². The highest BCUT2D eigenvalue weighted by molar-refractivity contribution is 14.1. The maximum atomic E-state index is 12.6. The van der Waals surface area contributed by atoms with Gasteiger partial charge in [-0.3, -0.25) is 9.69 Å². The molecule has 3 rings (SSSR count).